The van der Waals surface area contributed by atoms with Gasteiger partial charge in [-0.1, -0.05) is 6.07 Å². The van der Waals surface area contributed by atoms with E-state index >= 15 is 0 Å². The highest BCUT2D eigenvalue weighted by atomic mass is 16.7. The first-order chi connectivity index (χ1) is 14.7. The van der Waals surface area contributed by atoms with E-state index < -0.39 is 6.29 Å². The van der Waals surface area contributed by atoms with Crippen molar-refractivity contribution in [2.75, 3.05) is 33.1 Å². The molecule has 1 amide bonds. The van der Waals surface area contributed by atoms with Crippen LogP contribution >= 0.6 is 0 Å². The summed E-state index contributed by atoms with van der Waals surface area (Å²) >= 11 is 0. The van der Waals surface area contributed by atoms with Gasteiger partial charge in [0.15, 0.2) is 17.3 Å². The maximum Gasteiger partial charge on any atom is 0.288 e. The van der Waals surface area contributed by atoms with Crippen LogP contribution in [0.2, 0.25) is 0 Å². The molecule has 0 aliphatic carbocycles. The van der Waals surface area contributed by atoms with E-state index in [1.165, 1.54) is 0 Å². The number of benzene rings is 1. The van der Waals surface area contributed by atoms with Crippen LogP contribution < -0.4 is 9.47 Å². The molecule has 1 saturated heterocycles. The van der Waals surface area contributed by atoms with Crippen LogP contribution in [0.25, 0.3) is 0 Å². The summed E-state index contributed by atoms with van der Waals surface area (Å²) < 4.78 is 23.1. The largest absolute Gasteiger partial charge is 0.459 e. The van der Waals surface area contributed by atoms with E-state index in [1.807, 2.05) is 36.1 Å². The number of fused-ring (bicyclic) bond motifs is 1. The minimum atomic E-state index is -0.536. The molecule has 3 heterocycles. The topological polar surface area (TPSA) is 77.5 Å². The molecule has 7 heteroatoms. The lowest BCUT2D eigenvalue weighted by atomic mass is 9.80. The molecule has 0 aromatic heterocycles. The first kappa shape index (κ1) is 21.0. The highest BCUT2D eigenvalue weighted by molar-refractivity contribution is 5.92. The second-order valence-corrected chi connectivity index (χ2v) is 7.99. The number of carbonyl (C=O) groups excluding carboxylic acids is 1. The molecular formula is C23H31NO6. The second-order valence-electron chi connectivity index (χ2n) is 7.99. The number of aliphatic hydroxyl groups excluding tert-OH is 1. The van der Waals surface area contributed by atoms with Crippen molar-refractivity contribution in [1.29, 1.82) is 0 Å². The van der Waals surface area contributed by atoms with Crippen molar-refractivity contribution < 1.29 is 28.8 Å². The van der Waals surface area contributed by atoms with Gasteiger partial charge < -0.3 is 29.0 Å². The van der Waals surface area contributed by atoms with E-state index in [9.17, 15) is 9.90 Å². The Morgan fingerprint density at radius 1 is 1.20 bits per heavy atom. The summed E-state index contributed by atoms with van der Waals surface area (Å²) in [6.07, 6.45) is 5.98. The summed E-state index contributed by atoms with van der Waals surface area (Å²) in [4.78, 5) is 15.1. The molecule has 0 unspecified atom stereocenters. The maximum atomic E-state index is 13.2. The molecule has 0 saturated carbocycles. The Hall–Kier alpha value is -2.25. The quantitative estimate of drug-likeness (QED) is 0.734. The van der Waals surface area contributed by atoms with Crippen molar-refractivity contribution in [2.24, 2.45) is 5.92 Å². The van der Waals surface area contributed by atoms with Crippen molar-refractivity contribution in [3.8, 4) is 11.5 Å². The van der Waals surface area contributed by atoms with Gasteiger partial charge in [0.25, 0.3) is 5.91 Å². The lowest BCUT2D eigenvalue weighted by Crippen LogP contribution is -2.42. The molecule has 3 aliphatic heterocycles. The van der Waals surface area contributed by atoms with Crippen LogP contribution in [0.5, 0.6) is 11.5 Å². The average Bonchev–Trinajstić information content (AvgIpc) is 3.26. The van der Waals surface area contributed by atoms with Gasteiger partial charge in [-0.2, -0.15) is 0 Å². The van der Waals surface area contributed by atoms with Crippen LogP contribution in [0, 0.1) is 5.92 Å². The number of allylic oxidation sites excluding steroid dienone is 1. The van der Waals surface area contributed by atoms with E-state index in [4.69, 9.17) is 18.9 Å². The van der Waals surface area contributed by atoms with Crippen molar-refractivity contribution in [3.05, 3.63) is 35.6 Å². The number of amides is 1. The third-order valence-corrected chi connectivity index (χ3v) is 6.05. The van der Waals surface area contributed by atoms with Gasteiger partial charge in [-0.15, -0.1) is 0 Å². The fourth-order valence-electron chi connectivity index (χ4n) is 4.51. The fraction of sp³-hybridized carbons (Fsp3) is 0.609. The lowest BCUT2D eigenvalue weighted by molar-refractivity contribution is -0.170. The number of hydrogen-bond acceptors (Lipinski definition) is 6. The summed E-state index contributed by atoms with van der Waals surface area (Å²) in [6, 6.07) is 5.90. The molecule has 3 atom stereocenters. The monoisotopic (exact) mass is 417 g/mol. The Kier molecular flexibility index (Phi) is 6.79. The maximum absolute atomic E-state index is 13.2. The Morgan fingerprint density at radius 3 is 2.77 bits per heavy atom. The minimum absolute atomic E-state index is 0.0182. The molecular weight excluding hydrogens is 386 g/mol. The van der Waals surface area contributed by atoms with Crippen molar-refractivity contribution >= 4 is 5.91 Å². The smallest absolute Gasteiger partial charge is 0.288 e. The summed E-state index contributed by atoms with van der Waals surface area (Å²) in [6.45, 7) is 4.26. The molecule has 7 nitrogen and oxygen atoms in total. The van der Waals surface area contributed by atoms with Gasteiger partial charge in [-0.05, 0) is 62.8 Å². The number of carbonyl (C=O) groups is 1. The third kappa shape index (κ3) is 4.42. The van der Waals surface area contributed by atoms with E-state index in [0.29, 0.717) is 24.5 Å². The van der Waals surface area contributed by atoms with E-state index in [-0.39, 0.29) is 31.1 Å². The number of nitrogens with zero attached hydrogens (tertiary/aromatic N) is 1. The second kappa shape index (κ2) is 9.71. The predicted molar refractivity (Wildman–Crippen MR) is 110 cm³/mol. The van der Waals surface area contributed by atoms with Crippen molar-refractivity contribution in [2.45, 2.75) is 51.2 Å². The normalized spacial score (nSPS) is 25.6. The zero-order valence-corrected chi connectivity index (χ0v) is 17.5. The van der Waals surface area contributed by atoms with Crippen LogP contribution in [0.1, 0.15) is 50.5 Å². The Labute approximate surface area is 177 Å². The Morgan fingerprint density at radius 2 is 2.00 bits per heavy atom. The van der Waals surface area contributed by atoms with E-state index in [1.54, 1.807) is 0 Å². The van der Waals surface area contributed by atoms with Gasteiger partial charge >= 0.3 is 0 Å². The van der Waals surface area contributed by atoms with Gasteiger partial charge in [0.2, 0.25) is 13.1 Å². The number of aliphatic hydroxyl groups is 1. The predicted octanol–water partition coefficient (Wildman–Crippen LogP) is 3.18. The van der Waals surface area contributed by atoms with Gasteiger partial charge in [-0.25, -0.2) is 0 Å². The molecule has 0 spiro atoms. The zero-order chi connectivity index (χ0) is 20.9. The van der Waals surface area contributed by atoms with Gasteiger partial charge in [-0.3, -0.25) is 4.79 Å². The first-order valence-corrected chi connectivity index (χ1v) is 11.0. The van der Waals surface area contributed by atoms with Gasteiger partial charge in [0.05, 0.1) is 0 Å². The molecule has 1 aromatic rings. The molecule has 0 radical (unpaired) electrons. The minimum Gasteiger partial charge on any atom is -0.459 e. The first-order valence-electron chi connectivity index (χ1n) is 11.0. The molecule has 164 valence electrons. The lowest BCUT2D eigenvalue weighted by Gasteiger charge is -2.38. The SMILES string of the molecule is CCO[C@H]1OC(C(=O)N2CCCCC2)=C[C@@H](c2ccc3c(c2)OCO3)[C@H]1CCCO. The van der Waals surface area contributed by atoms with E-state index in [0.717, 1.165) is 50.1 Å². The standard InChI is InChI=1S/C23H31NO6/c1-2-27-23-17(7-6-12-25)18(16-8-9-19-20(13-16)29-15-28-19)14-21(30-23)22(26)24-10-4-3-5-11-24/h8-9,13-14,17-18,23,25H,2-7,10-12,15H2,1H3/t17-,18+,23+/m1/s1. The van der Waals surface area contributed by atoms with Crippen LogP contribution in [0.3, 0.4) is 0 Å². The molecule has 1 N–H and O–H groups in total. The molecule has 3 aliphatic rings. The Bertz CT molecular complexity index is 773. The van der Waals surface area contributed by atoms with Gasteiger partial charge in [0, 0.05) is 38.1 Å². The highest BCUT2D eigenvalue weighted by Gasteiger charge is 2.39. The Balaban J connectivity index is 1.67. The zero-order valence-electron chi connectivity index (χ0n) is 17.5. The fourth-order valence-corrected chi connectivity index (χ4v) is 4.51. The summed E-state index contributed by atoms with van der Waals surface area (Å²) in [5.74, 6) is 1.64. The molecule has 30 heavy (non-hydrogen) atoms. The van der Waals surface area contributed by atoms with Crippen LogP contribution in [0.4, 0.5) is 0 Å². The number of ether oxygens (including phenoxy) is 4. The number of rotatable bonds is 7. The van der Waals surface area contributed by atoms with Crippen LogP contribution in [-0.4, -0.2) is 55.3 Å². The molecule has 1 fully saturated rings. The molecule has 4 rings (SSSR count). The number of piperidine rings is 1. The number of likely N-dealkylation sites (tertiary alicyclic amines) is 1. The van der Waals surface area contributed by atoms with Crippen molar-refractivity contribution in [3.63, 3.8) is 0 Å². The average molecular weight is 418 g/mol. The third-order valence-electron chi connectivity index (χ3n) is 6.05. The molecule has 1 aromatic carbocycles. The molecule has 0 bridgehead atoms. The summed E-state index contributed by atoms with van der Waals surface area (Å²) in [5, 5.41) is 9.41. The van der Waals surface area contributed by atoms with Crippen LogP contribution in [0.15, 0.2) is 30.0 Å². The number of hydrogen-bond donors (Lipinski definition) is 1. The highest BCUT2D eigenvalue weighted by Crippen LogP contribution is 2.43. The summed E-state index contributed by atoms with van der Waals surface area (Å²) in [7, 11) is 0. The van der Waals surface area contributed by atoms with Gasteiger partial charge in [0.1, 0.15) is 0 Å². The van der Waals surface area contributed by atoms with Crippen molar-refractivity contribution in [1.82, 2.24) is 4.90 Å². The van der Waals surface area contributed by atoms with Crippen LogP contribution in [-0.2, 0) is 14.3 Å². The summed E-state index contributed by atoms with van der Waals surface area (Å²) in [5.41, 5.74) is 1.03. The van der Waals surface area contributed by atoms with E-state index in [2.05, 4.69) is 0 Å².